The van der Waals surface area contributed by atoms with E-state index in [-0.39, 0.29) is 5.97 Å². The van der Waals surface area contributed by atoms with E-state index >= 15 is 0 Å². The average molecular weight is 382 g/mol. The van der Waals surface area contributed by atoms with E-state index in [2.05, 4.69) is 21.5 Å². The lowest BCUT2D eigenvalue weighted by Gasteiger charge is -2.22. The van der Waals surface area contributed by atoms with Crippen LogP contribution in [0.5, 0.6) is 0 Å². The van der Waals surface area contributed by atoms with Crippen molar-refractivity contribution in [1.82, 2.24) is 9.88 Å². The largest absolute Gasteiger partial charge is 0.466 e. The number of hydrogen-bond acceptors (Lipinski definition) is 5. The van der Waals surface area contributed by atoms with Crippen molar-refractivity contribution in [2.45, 2.75) is 33.7 Å². The van der Waals surface area contributed by atoms with Crippen LogP contribution in [0.4, 0.5) is 0 Å². The Morgan fingerprint density at radius 1 is 1.32 bits per heavy atom. The molecule has 1 aromatic heterocycles. The highest BCUT2D eigenvalue weighted by molar-refractivity contribution is 5.89. The van der Waals surface area contributed by atoms with Crippen LogP contribution in [0.25, 0.3) is 0 Å². The smallest absolute Gasteiger partial charge is 0.335 e. The minimum atomic E-state index is -0.341. The van der Waals surface area contributed by atoms with Gasteiger partial charge in [0.05, 0.1) is 18.4 Å². The van der Waals surface area contributed by atoms with Crippen molar-refractivity contribution < 1.29 is 9.53 Å². The van der Waals surface area contributed by atoms with Gasteiger partial charge in [-0.1, -0.05) is 43.9 Å². The number of aliphatic imine (C=N–C) groups is 1. The Morgan fingerprint density at radius 3 is 2.71 bits per heavy atom. The van der Waals surface area contributed by atoms with E-state index in [1.165, 1.54) is 7.11 Å². The maximum Gasteiger partial charge on any atom is 0.335 e. The van der Waals surface area contributed by atoms with Gasteiger partial charge in [0.1, 0.15) is 0 Å². The van der Waals surface area contributed by atoms with Gasteiger partial charge in [0.15, 0.2) is 0 Å². The van der Waals surface area contributed by atoms with Gasteiger partial charge in [0.25, 0.3) is 0 Å². The molecule has 0 aromatic carbocycles. The van der Waals surface area contributed by atoms with Crippen LogP contribution in [0.2, 0.25) is 0 Å². The van der Waals surface area contributed by atoms with Gasteiger partial charge in [-0.25, -0.2) is 4.79 Å². The van der Waals surface area contributed by atoms with Crippen LogP contribution in [0.3, 0.4) is 0 Å². The average Bonchev–Trinajstić information content (AvgIpc) is 2.69. The lowest BCUT2D eigenvalue weighted by molar-refractivity contribution is -0.136. The third kappa shape index (κ3) is 9.24. The van der Waals surface area contributed by atoms with Crippen molar-refractivity contribution in [3.8, 4) is 0 Å². The van der Waals surface area contributed by atoms with E-state index in [4.69, 9.17) is 4.74 Å². The Morgan fingerprint density at radius 2 is 2.11 bits per heavy atom. The molecular weight excluding hydrogens is 350 g/mol. The summed E-state index contributed by atoms with van der Waals surface area (Å²) in [6, 6.07) is 5.89. The van der Waals surface area contributed by atoms with Crippen LogP contribution in [0.1, 0.15) is 32.9 Å². The molecule has 0 radical (unpaired) electrons. The molecule has 1 aromatic rings. The monoisotopic (exact) mass is 381 g/mol. The molecule has 0 N–H and O–H groups in total. The highest BCUT2D eigenvalue weighted by Crippen LogP contribution is 2.07. The fraction of sp³-hybridized carbons (Fsp3) is 0.348. The van der Waals surface area contributed by atoms with Crippen molar-refractivity contribution >= 4 is 11.7 Å². The molecule has 0 bridgehead atoms. The Labute approximate surface area is 168 Å². The standard InChI is InChI=1S/C23H31N3O2/c1-6-8-9-12-19(3)16-26(18-22-13-10-11-14-24-22)17-20(4)25-15-21(7-2)23(27)28-5/h6,8-15H,3,7,16-18H2,1-2,4-5H3/b8-6-,12-9-,21-15+,25-20?. The zero-order chi connectivity index (χ0) is 20.8. The molecule has 1 rings (SSSR count). The summed E-state index contributed by atoms with van der Waals surface area (Å²) in [7, 11) is 1.38. The summed E-state index contributed by atoms with van der Waals surface area (Å²) in [4.78, 5) is 22.8. The minimum Gasteiger partial charge on any atom is -0.466 e. The number of esters is 1. The van der Waals surface area contributed by atoms with Crippen LogP contribution in [-0.2, 0) is 16.1 Å². The second-order valence-corrected chi connectivity index (χ2v) is 6.37. The molecule has 0 amide bonds. The van der Waals surface area contributed by atoms with Crippen LogP contribution in [0.15, 0.2) is 77.6 Å². The maximum absolute atomic E-state index is 11.7. The van der Waals surface area contributed by atoms with Gasteiger partial charge in [0, 0.05) is 37.7 Å². The first-order valence-electron chi connectivity index (χ1n) is 9.40. The number of hydrogen-bond donors (Lipinski definition) is 0. The van der Waals surface area contributed by atoms with Crippen LogP contribution in [0, 0.1) is 0 Å². The molecule has 0 spiro atoms. The first kappa shape index (κ1) is 23.2. The Balaban J connectivity index is 2.91. The van der Waals surface area contributed by atoms with E-state index in [9.17, 15) is 4.79 Å². The molecule has 0 aliphatic rings. The summed E-state index contributed by atoms with van der Waals surface area (Å²) in [5.74, 6) is -0.341. The first-order chi connectivity index (χ1) is 13.5. The van der Waals surface area contributed by atoms with Gasteiger partial charge >= 0.3 is 5.97 Å². The Kier molecular flexibility index (Phi) is 11.1. The van der Waals surface area contributed by atoms with E-state index in [0.717, 1.165) is 17.0 Å². The third-order valence-electron chi connectivity index (χ3n) is 3.90. The van der Waals surface area contributed by atoms with Gasteiger partial charge in [0.2, 0.25) is 0 Å². The molecule has 1 heterocycles. The van der Waals surface area contributed by atoms with Gasteiger partial charge < -0.3 is 4.74 Å². The predicted molar refractivity (Wildman–Crippen MR) is 116 cm³/mol. The number of aromatic nitrogens is 1. The number of ether oxygens (including phenoxy) is 1. The van der Waals surface area contributed by atoms with Gasteiger partial charge in [-0.3, -0.25) is 14.9 Å². The van der Waals surface area contributed by atoms with E-state index < -0.39 is 0 Å². The predicted octanol–water partition coefficient (Wildman–Crippen LogP) is 4.50. The third-order valence-corrected chi connectivity index (χ3v) is 3.90. The summed E-state index contributed by atoms with van der Waals surface area (Å²) >= 11 is 0. The molecule has 5 nitrogen and oxygen atoms in total. The summed E-state index contributed by atoms with van der Waals surface area (Å²) in [5.41, 5.74) is 3.44. The molecule has 0 saturated heterocycles. The number of methoxy groups -OCH3 is 1. The summed E-state index contributed by atoms with van der Waals surface area (Å²) in [5, 5.41) is 0. The van der Waals surface area contributed by atoms with E-state index in [1.807, 2.05) is 63.3 Å². The van der Waals surface area contributed by atoms with E-state index in [0.29, 0.717) is 31.6 Å². The molecule has 0 aliphatic carbocycles. The van der Waals surface area contributed by atoms with Crippen molar-refractivity contribution in [3.63, 3.8) is 0 Å². The highest BCUT2D eigenvalue weighted by Gasteiger charge is 2.10. The number of rotatable bonds is 11. The minimum absolute atomic E-state index is 0.341. The first-order valence-corrected chi connectivity index (χ1v) is 9.40. The molecule has 150 valence electrons. The maximum atomic E-state index is 11.7. The van der Waals surface area contributed by atoms with Crippen molar-refractivity contribution in [1.29, 1.82) is 0 Å². The molecule has 0 atom stereocenters. The molecule has 5 heteroatoms. The number of pyridine rings is 1. The normalized spacial score (nSPS) is 12.9. The molecule has 28 heavy (non-hydrogen) atoms. The zero-order valence-electron chi connectivity index (χ0n) is 17.4. The molecule has 0 saturated carbocycles. The summed E-state index contributed by atoms with van der Waals surface area (Å²) < 4.78 is 4.78. The number of carbonyl (C=O) groups is 1. The van der Waals surface area contributed by atoms with Crippen molar-refractivity contribution in [2.75, 3.05) is 20.2 Å². The molecule has 0 unspecified atom stereocenters. The van der Waals surface area contributed by atoms with E-state index in [1.54, 1.807) is 12.4 Å². The fourth-order valence-corrected chi connectivity index (χ4v) is 2.50. The van der Waals surface area contributed by atoms with Crippen molar-refractivity contribution in [2.24, 2.45) is 4.99 Å². The molecule has 0 fully saturated rings. The van der Waals surface area contributed by atoms with Crippen molar-refractivity contribution in [3.05, 3.63) is 78.3 Å². The number of nitrogens with zero attached hydrogens (tertiary/aromatic N) is 3. The van der Waals surface area contributed by atoms with Crippen LogP contribution in [-0.4, -0.2) is 41.8 Å². The lowest BCUT2D eigenvalue weighted by atomic mass is 10.2. The van der Waals surface area contributed by atoms with Gasteiger partial charge in [-0.15, -0.1) is 0 Å². The number of allylic oxidation sites excluding steroid dienone is 3. The lowest BCUT2D eigenvalue weighted by Crippen LogP contribution is -2.30. The Hall–Kier alpha value is -2.79. The fourth-order valence-electron chi connectivity index (χ4n) is 2.50. The topological polar surface area (TPSA) is 54.8 Å². The summed E-state index contributed by atoms with van der Waals surface area (Å²) in [6.45, 7) is 12.0. The summed E-state index contributed by atoms with van der Waals surface area (Å²) in [6.07, 6.45) is 11.9. The highest BCUT2D eigenvalue weighted by atomic mass is 16.5. The molecular formula is C23H31N3O2. The SMILES string of the molecule is C=C(/C=C\C=C/C)CN(CC(C)=N/C=C(\CC)C(=O)OC)Cc1ccccn1. The van der Waals surface area contributed by atoms with Crippen LogP contribution >= 0.6 is 0 Å². The van der Waals surface area contributed by atoms with Gasteiger partial charge in [-0.2, -0.15) is 0 Å². The number of carbonyl (C=O) groups excluding carboxylic acids is 1. The Bertz CT molecular complexity index is 746. The second kappa shape index (κ2) is 13.4. The van der Waals surface area contributed by atoms with Gasteiger partial charge in [-0.05, 0) is 38.0 Å². The zero-order valence-corrected chi connectivity index (χ0v) is 17.4. The quantitative estimate of drug-likeness (QED) is 0.245. The second-order valence-electron chi connectivity index (χ2n) is 6.37. The molecule has 0 aliphatic heterocycles. The van der Waals surface area contributed by atoms with Crippen LogP contribution < -0.4 is 0 Å².